The van der Waals surface area contributed by atoms with Crippen LogP contribution in [-0.4, -0.2) is 17.6 Å². The van der Waals surface area contributed by atoms with Crippen molar-refractivity contribution in [3.8, 4) is 6.07 Å². The molecule has 2 aromatic carbocycles. The lowest BCUT2D eigenvalue weighted by Crippen LogP contribution is -2.31. The Balaban J connectivity index is 1.60. The molecule has 0 radical (unpaired) electrons. The Morgan fingerprint density at radius 2 is 1.61 bits per heavy atom. The number of dihydropyridines is 1. The van der Waals surface area contributed by atoms with E-state index >= 15 is 0 Å². The van der Waals surface area contributed by atoms with Crippen molar-refractivity contribution in [2.45, 2.75) is 26.7 Å². The van der Waals surface area contributed by atoms with Gasteiger partial charge < -0.3 is 20.4 Å². The van der Waals surface area contributed by atoms with Crippen molar-refractivity contribution in [1.29, 1.82) is 5.26 Å². The molecule has 0 aliphatic carbocycles. The first-order chi connectivity index (χ1) is 17.4. The molecule has 1 aromatic heterocycles. The van der Waals surface area contributed by atoms with Gasteiger partial charge in [0.25, 0.3) is 5.91 Å². The maximum atomic E-state index is 13.5. The summed E-state index contributed by atoms with van der Waals surface area (Å²) in [7, 11) is 0. The number of allylic oxidation sites excluding steroid dienone is 2. The number of carbonyl (C=O) groups is 2. The van der Waals surface area contributed by atoms with Crippen molar-refractivity contribution in [2.75, 3.05) is 16.4 Å². The fourth-order valence-corrected chi connectivity index (χ4v) is 4.90. The van der Waals surface area contributed by atoms with Crippen LogP contribution in [0.3, 0.4) is 0 Å². The first-order valence-electron chi connectivity index (χ1n) is 11.4. The van der Waals surface area contributed by atoms with E-state index in [1.807, 2.05) is 62.4 Å². The Morgan fingerprint density at radius 1 is 0.972 bits per heavy atom. The smallest absolute Gasteiger partial charge is 0.254 e. The van der Waals surface area contributed by atoms with Gasteiger partial charge in [0.15, 0.2) is 0 Å². The van der Waals surface area contributed by atoms with Gasteiger partial charge in [-0.1, -0.05) is 48.2 Å². The molecule has 1 aliphatic heterocycles. The van der Waals surface area contributed by atoms with Crippen LogP contribution in [0.1, 0.15) is 29.7 Å². The highest BCUT2D eigenvalue weighted by molar-refractivity contribution is 8.03. The molecular weight excluding hydrogens is 472 g/mol. The quantitative estimate of drug-likeness (QED) is 0.391. The molecule has 0 saturated heterocycles. The van der Waals surface area contributed by atoms with Gasteiger partial charge in [-0.15, -0.1) is 0 Å². The van der Waals surface area contributed by atoms with Crippen LogP contribution in [0.4, 0.5) is 11.4 Å². The van der Waals surface area contributed by atoms with Crippen molar-refractivity contribution >= 4 is 35.0 Å². The minimum Gasteiger partial charge on any atom is -0.468 e. The maximum Gasteiger partial charge on any atom is 0.254 e. The third-order valence-corrected chi connectivity index (χ3v) is 6.90. The van der Waals surface area contributed by atoms with Gasteiger partial charge in [0.2, 0.25) is 5.91 Å². The van der Waals surface area contributed by atoms with Gasteiger partial charge in [-0.2, -0.15) is 5.26 Å². The van der Waals surface area contributed by atoms with E-state index in [9.17, 15) is 14.9 Å². The molecule has 0 bridgehead atoms. The van der Waals surface area contributed by atoms with Crippen LogP contribution in [-0.2, 0) is 9.59 Å². The summed E-state index contributed by atoms with van der Waals surface area (Å²) in [6.45, 7) is 5.62. The molecule has 3 aromatic rings. The van der Waals surface area contributed by atoms with E-state index in [2.05, 4.69) is 22.0 Å². The lowest BCUT2D eigenvalue weighted by atomic mass is 9.85. The summed E-state index contributed by atoms with van der Waals surface area (Å²) < 4.78 is 5.66. The number of carbonyl (C=O) groups excluding carboxylic acids is 2. The van der Waals surface area contributed by atoms with E-state index in [0.29, 0.717) is 33.3 Å². The van der Waals surface area contributed by atoms with Crippen molar-refractivity contribution < 1.29 is 14.0 Å². The van der Waals surface area contributed by atoms with Crippen LogP contribution in [0, 0.1) is 25.2 Å². The maximum absolute atomic E-state index is 13.5. The van der Waals surface area contributed by atoms with Crippen LogP contribution in [0.5, 0.6) is 0 Å². The van der Waals surface area contributed by atoms with Gasteiger partial charge in [0.05, 0.1) is 40.2 Å². The first-order valence-corrected chi connectivity index (χ1v) is 12.4. The largest absolute Gasteiger partial charge is 0.468 e. The number of nitrogens with one attached hydrogen (secondary N) is 3. The Hall–Kier alpha value is -4.22. The number of rotatable bonds is 7. The summed E-state index contributed by atoms with van der Waals surface area (Å²) in [5.74, 6) is -0.669. The van der Waals surface area contributed by atoms with Gasteiger partial charge in [0.1, 0.15) is 5.76 Å². The average molecular weight is 499 g/mol. The molecule has 0 spiro atoms. The minimum atomic E-state index is -0.711. The molecule has 3 N–H and O–H groups in total. The SMILES string of the molecule is CC1=C(C(=O)Nc2ccccc2C)C(c2ccco2)C(C#N)=C(SCC(=O)Nc2ccccc2C)N1. The number of amides is 2. The van der Waals surface area contributed by atoms with Crippen molar-refractivity contribution in [3.63, 3.8) is 0 Å². The van der Waals surface area contributed by atoms with Crippen LogP contribution in [0.15, 0.2) is 93.2 Å². The number of aryl methyl sites for hydroxylation is 2. The number of furan rings is 1. The summed E-state index contributed by atoms with van der Waals surface area (Å²) in [5, 5.41) is 19.7. The lowest BCUT2D eigenvalue weighted by molar-refractivity contribution is -0.114. The highest BCUT2D eigenvalue weighted by atomic mass is 32.2. The molecule has 1 atom stereocenters. The van der Waals surface area contributed by atoms with Crippen molar-refractivity contribution in [3.05, 3.63) is 106 Å². The Morgan fingerprint density at radius 3 is 2.19 bits per heavy atom. The fourth-order valence-electron chi connectivity index (χ4n) is 4.01. The number of para-hydroxylation sites is 2. The van der Waals surface area contributed by atoms with E-state index in [1.54, 1.807) is 19.1 Å². The Kier molecular flexibility index (Phi) is 7.62. The number of hydrogen-bond donors (Lipinski definition) is 3. The third-order valence-electron chi connectivity index (χ3n) is 5.88. The number of thioether (sulfide) groups is 1. The second kappa shape index (κ2) is 11.0. The van der Waals surface area contributed by atoms with Crippen LogP contribution < -0.4 is 16.0 Å². The van der Waals surface area contributed by atoms with Crippen molar-refractivity contribution in [2.24, 2.45) is 0 Å². The molecule has 0 fully saturated rings. The molecule has 2 amide bonds. The number of nitrogens with zero attached hydrogens (tertiary/aromatic N) is 1. The highest BCUT2D eigenvalue weighted by Crippen LogP contribution is 2.41. The molecule has 182 valence electrons. The normalized spacial score (nSPS) is 15.2. The number of benzene rings is 2. The van der Waals surface area contributed by atoms with Gasteiger partial charge >= 0.3 is 0 Å². The first kappa shape index (κ1) is 24.9. The standard InChI is InChI=1S/C28H26N4O3S/c1-17-9-4-6-11-21(17)31-24(33)16-36-28-20(15-29)26(23-13-8-14-35-23)25(19(3)30-28)27(34)32-22-12-7-5-10-18(22)2/h4-14,26,30H,16H2,1-3H3,(H,31,33)(H,32,34). The van der Waals surface area contributed by atoms with E-state index in [1.165, 1.54) is 18.0 Å². The van der Waals surface area contributed by atoms with Gasteiger partial charge in [-0.25, -0.2) is 0 Å². The predicted octanol–water partition coefficient (Wildman–Crippen LogP) is 5.60. The fraction of sp³-hybridized carbons (Fsp3) is 0.179. The van der Waals surface area contributed by atoms with Crippen LogP contribution in [0.25, 0.3) is 0 Å². The topological polar surface area (TPSA) is 107 Å². The second-order valence-corrected chi connectivity index (χ2v) is 9.37. The van der Waals surface area contributed by atoms with Crippen molar-refractivity contribution in [1.82, 2.24) is 5.32 Å². The van der Waals surface area contributed by atoms with E-state index in [-0.39, 0.29) is 17.6 Å². The second-order valence-electron chi connectivity index (χ2n) is 8.39. The number of nitriles is 1. The number of hydrogen-bond acceptors (Lipinski definition) is 6. The molecule has 1 unspecified atom stereocenters. The Bertz CT molecular complexity index is 1400. The molecule has 2 heterocycles. The summed E-state index contributed by atoms with van der Waals surface area (Å²) in [6, 6.07) is 20.7. The molecule has 4 rings (SSSR count). The summed E-state index contributed by atoms with van der Waals surface area (Å²) in [4.78, 5) is 26.1. The Labute approximate surface area is 214 Å². The summed E-state index contributed by atoms with van der Waals surface area (Å²) >= 11 is 1.21. The predicted molar refractivity (Wildman–Crippen MR) is 142 cm³/mol. The van der Waals surface area contributed by atoms with E-state index in [4.69, 9.17) is 4.42 Å². The molecular formula is C28H26N4O3S. The summed E-state index contributed by atoms with van der Waals surface area (Å²) in [5.41, 5.74) is 4.62. The zero-order valence-corrected chi connectivity index (χ0v) is 21.0. The molecule has 0 saturated carbocycles. The summed E-state index contributed by atoms with van der Waals surface area (Å²) in [6.07, 6.45) is 1.51. The zero-order chi connectivity index (χ0) is 25.7. The van der Waals surface area contributed by atoms with Gasteiger partial charge in [-0.05, 0) is 56.2 Å². The number of anilines is 2. The molecule has 8 heteroatoms. The third kappa shape index (κ3) is 5.37. The lowest BCUT2D eigenvalue weighted by Gasteiger charge is -2.28. The average Bonchev–Trinajstić information content (AvgIpc) is 3.39. The molecule has 7 nitrogen and oxygen atoms in total. The van der Waals surface area contributed by atoms with Gasteiger partial charge in [0, 0.05) is 17.1 Å². The molecule has 1 aliphatic rings. The highest BCUT2D eigenvalue weighted by Gasteiger charge is 2.36. The monoisotopic (exact) mass is 498 g/mol. The molecule has 36 heavy (non-hydrogen) atoms. The van der Waals surface area contributed by atoms with E-state index < -0.39 is 5.92 Å². The zero-order valence-electron chi connectivity index (χ0n) is 20.2. The van der Waals surface area contributed by atoms with Crippen LogP contribution in [0.2, 0.25) is 0 Å². The minimum absolute atomic E-state index is 0.0880. The van der Waals surface area contributed by atoms with Crippen LogP contribution >= 0.6 is 11.8 Å². The van der Waals surface area contributed by atoms with Gasteiger partial charge in [-0.3, -0.25) is 9.59 Å². The van der Waals surface area contributed by atoms with E-state index in [0.717, 1.165) is 16.8 Å².